The summed E-state index contributed by atoms with van der Waals surface area (Å²) in [5, 5.41) is 2.83. The lowest BCUT2D eigenvalue weighted by atomic mass is 9.88. The molecule has 0 aliphatic carbocycles. The van der Waals surface area contributed by atoms with Gasteiger partial charge < -0.3 is 8.83 Å². The van der Waals surface area contributed by atoms with Crippen molar-refractivity contribution in [2.24, 2.45) is 0 Å². The third-order valence-corrected chi connectivity index (χ3v) is 16.3. The van der Waals surface area contributed by atoms with E-state index in [1.165, 1.54) is 43.8 Å². The number of benzene rings is 6. The first-order valence-corrected chi connectivity index (χ1v) is 20.9. The van der Waals surface area contributed by atoms with Gasteiger partial charge in [-0.2, -0.15) is 0 Å². The molecular formula is C48H40N2O2Si. The molecule has 0 N–H and O–H groups in total. The zero-order valence-electron chi connectivity index (χ0n) is 30.5. The topological polar surface area (TPSA) is 52.1 Å². The second-order valence-corrected chi connectivity index (χ2v) is 18.7. The van der Waals surface area contributed by atoms with E-state index in [1.807, 2.05) is 12.1 Å². The number of hydrogen-bond donors (Lipinski definition) is 0. The molecule has 53 heavy (non-hydrogen) atoms. The van der Waals surface area contributed by atoms with Crippen molar-refractivity contribution in [3.05, 3.63) is 179 Å². The standard InChI is InChI=1S/C48H40N2O2Si/c1-5-53(6-2)45(35-21-13-15-23-37(35)47-49-39-29-31(3)25-27-41(39)51-47)43(33-17-9-7-10-18-33)44(34-19-11-8-12-20-34)46(53)36-22-14-16-24-38(36)48-50-40-30-32(4)26-28-42(40)52-48/h7-30H,5-6H2,1-4H3. The first-order chi connectivity index (χ1) is 26.0. The molecule has 0 amide bonds. The summed E-state index contributed by atoms with van der Waals surface area (Å²) in [6, 6.07) is 53.9. The lowest BCUT2D eigenvalue weighted by Gasteiger charge is -2.34. The molecule has 6 aromatic carbocycles. The Morgan fingerprint density at radius 1 is 0.453 bits per heavy atom. The average Bonchev–Trinajstić information content (AvgIpc) is 3.90. The molecule has 5 heteroatoms. The van der Waals surface area contributed by atoms with Crippen molar-refractivity contribution in [3.63, 3.8) is 0 Å². The number of rotatable bonds is 8. The molecule has 258 valence electrons. The Balaban J connectivity index is 1.39. The lowest BCUT2D eigenvalue weighted by Crippen LogP contribution is -2.35. The van der Waals surface area contributed by atoms with Gasteiger partial charge in [0.15, 0.2) is 11.2 Å². The summed E-state index contributed by atoms with van der Waals surface area (Å²) in [4.78, 5) is 10.2. The third-order valence-electron chi connectivity index (χ3n) is 11.0. The van der Waals surface area contributed by atoms with Crippen LogP contribution in [0.4, 0.5) is 0 Å². The fraction of sp³-hybridized carbons (Fsp3) is 0.125. The van der Waals surface area contributed by atoms with Crippen LogP contribution in [-0.2, 0) is 0 Å². The van der Waals surface area contributed by atoms with Crippen molar-refractivity contribution in [3.8, 4) is 22.9 Å². The predicted molar refractivity (Wildman–Crippen MR) is 222 cm³/mol. The van der Waals surface area contributed by atoms with E-state index in [-0.39, 0.29) is 0 Å². The quantitative estimate of drug-likeness (QED) is 0.148. The van der Waals surface area contributed by atoms with Gasteiger partial charge in [-0.25, -0.2) is 9.97 Å². The molecule has 1 aliphatic rings. The van der Waals surface area contributed by atoms with E-state index in [4.69, 9.17) is 18.8 Å². The first kappa shape index (κ1) is 32.8. The normalized spacial score (nSPS) is 14.2. The van der Waals surface area contributed by atoms with Crippen LogP contribution in [0.15, 0.2) is 154 Å². The molecule has 0 radical (unpaired) electrons. The molecule has 0 saturated carbocycles. The maximum Gasteiger partial charge on any atom is 0.227 e. The molecule has 0 spiro atoms. The maximum atomic E-state index is 6.57. The molecule has 9 rings (SSSR count). The van der Waals surface area contributed by atoms with E-state index in [0.717, 1.165) is 56.5 Å². The largest absolute Gasteiger partial charge is 0.436 e. The number of aromatic nitrogens is 2. The van der Waals surface area contributed by atoms with Crippen LogP contribution in [0.1, 0.15) is 47.2 Å². The summed E-state index contributed by atoms with van der Waals surface area (Å²) in [5.41, 5.74) is 15.0. The van der Waals surface area contributed by atoms with Crippen LogP contribution in [0, 0.1) is 13.8 Å². The molecule has 2 aromatic heterocycles. The van der Waals surface area contributed by atoms with Crippen LogP contribution in [0.25, 0.3) is 66.6 Å². The Bertz CT molecular complexity index is 2530. The molecule has 3 heterocycles. The minimum absolute atomic E-state index is 0.646. The molecule has 4 nitrogen and oxygen atoms in total. The molecule has 0 fully saturated rings. The number of allylic oxidation sites excluding steroid dienone is 2. The highest BCUT2D eigenvalue weighted by molar-refractivity contribution is 7.14. The molecular weight excluding hydrogens is 665 g/mol. The summed E-state index contributed by atoms with van der Waals surface area (Å²) < 4.78 is 13.1. The summed E-state index contributed by atoms with van der Waals surface area (Å²) in [6.07, 6.45) is 0. The van der Waals surface area contributed by atoms with E-state index >= 15 is 0 Å². The van der Waals surface area contributed by atoms with Crippen molar-refractivity contribution in [1.29, 1.82) is 0 Å². The Morgan fingerprint density at radius 2 is 0.830 bits per heavy atom. The van der Waals surface area contributed by atoms with E-state index in [2.05, 4.69) is 161 Å². The van der Waals surface area contributed by atoms with Gasteiger partial charge in [0.1, 0.15) is 19.1 Å². The van der Waals surface area contributed by atoms with Gasteiger partial charge in [0.2, 0.25) is 11.8 Å². The van der Waals surface area contributed by atoms with Crippen molar-refractivity contribution >= 4 is 51.8 Å². The molecule has 0 atom stereocenters. The second kappa shape index (κ2) is 13.2. The fourth-order valence-corrected chi connectivity index (χ4v) is 13.6. The van der Waals surface area contributed by atoms with Gasteiger partial charge >= 0.3 is 0 Å². The highest BCUT2D eigenvalue weighted by Crippen LogP contribution is 2.60. The SMILES string of the molecule is CC[Si]1(CC)C(c2ccccc2-c2nc3cc(C)ccc3o2)=C(c2ccccc2)C(c2ccccc2)=C1c1ccccc1-c1nc2cc(C)ccc2o1. The highest BCUT2D eigenvalue weighted by Gasteiger charge is 2.49. The van der Waals surface area contributed by atoms with E-state index < -0.39 is 8.07 Å². The molecule has 1 aliphatic heterocycles. The number of aryl methyl sites for hydroxylation is 2. The van der Waals surface area contributed by atoms with Crippen molar-refractivity contribution in [2.45, 2.75) is 39.8 Å². The van der Waals surface area contributed by atoms with Crippen LogP contribution in [0.3, 0.4) is 0 Å². The monoisotopic (exact) mass is 704 g/mol. The number of fused-ring (bicyclic) bond motifs is 2. The van der Waals surface area contributed by atoms with Gasteiger partial charge in [-0.05, 0) is 105 Å². The Morgan fingerprint density at radius 3 is 1.23 bits per heavy atom. The Hall–Kier alpha value is -6.04. The van der Waals surface area contributed by atoms with E-state index in [9.17, 15) is 0 Å². The number of nitrogens with zero attached hydrogens (tertiary/aromatic N) is 2. The zero-order chi connectivity index (χ0) is 36.1. The van der Waals surface area contributed by atoms with Crippen LogP contribution < -0.4 is 0 Å². The summed E-state index contributed by atoms with van der Waals surface area (Å²) in [7, 11) is -2.62. The summed E-state index contributed by atoms with van der Waals surface area (Å²) in [6.45, 7) is 8.97. The van der Waals surface area contributed by atoms with Gasteiger partial charge in [0.25, 0.3) is 0 Å². The van der Waals surface area contributed by atoms with Crippen LogP contribution in [0.2, 0.25) is 12.1 Å². The summed E-state index contributed by atoms with van der Waals surface area (Å²) >= 11 is 0. The third kappa shape index (κ3) is 5.42. The van der Waals surface area contributed by atoms with E-state index in [0.29, 0.717) is 11.8 Å². The van der Waals surface area contributed by atoms with Gasteiger partial charge in [0.05, 0.1) is 0 Å². The smallest absolute Gasteiger partial charge is 0.227 e. The molecule has 8 aromatic rings. The molecule has 0 unspecified atom stereocenters. The van der Waals surface area contributed by atoms with Crippen LogP contribution >= 0.6 is 0 Å². The van der Waals surface area contributed by atoms with Gasteiger partial charge in [-0.15, -0.1) is 0 Å². The van der Waals surface area contributed by atoms with Crippen molar-refractivity contribution in [1.82, 2.24) is 9.97 Å². The van der Waals surface area contributed by atoms with E-state index in [1.54, 1.807) is 0 Å². The average molecular weight is 705 g/mol. The number of hydrogen-bond acceptors (Lipinski definition) is 4. The van der Waals surface area contributed by atoms with Crippen molar-refractivity contribution < 1.29 is 8.83 Å². The molecule has 0 saturated heterocycles. The van der Waals surface area contributed by atoms with Gasteiger partial charge in [-0.3, -0.25) is 0 Å². The second-order valence-electron chi connectivity index (χ2n) is 14.1. The maximum absolute atomic E-state index is 6.57. The summed E-state index contributed by atoms with van der Waals surface area (Å²) in [5.74, 6) is 1.29. The van der Waals surface area contributed by atoms with Crippen molar-refractivity contribution in [2.75, 3.05) is 0 Å². The van der Waals surface area contributed by atoms with Gasteiger partial charge in [0, 0.05) is 11.1 Å². The Kier molecular flexibility index (Phi) is 8.16. The molecule has 0 bridgehead atoms. The zero-order valence-corrected chi connectivity index (χ0v) is 31.5. The predicted octanol–water partition coefficient (Wildman–Crippen LogP) is 13.0. The number of oxazole rings is 2. The lowest BCUT2D eigenvalue weighted by molar-refractivity contribution is 0.619. The minimum Gasteiger partial charge on any atom is -0.436 e. The highest BCUT2D eigenvalue weighted by atomic mass is 28.3. The van der Waals surface area contributed by atoms with Crippen LogP contribution in [-0.4, -0.2) is 18.0 Å². The van der Waals surface area contributed by atoms with Gasteiger partial charge in [-0.1, -0.05) is 135 Å². The van der Waals surface area contributed by atoms with Crippen LogP contribution in [0.5, 0.6) is 0 Å². The first-order valence-electron chi connectivity index (χ1n) is 18.5. The Labute approximate surface area is 311 Å². The minimum atomic E-state index is -2.62. The fourth-order valence-electron chi connectivity index (χ4n) is 8.46.